The molecule has 1 N–H and O–H groups in total. The molecule has 1 atom stereocenters. The van der Waals surface area contributed by atoms with Crippen LogP contribution in [-0.2, 0) is 10.3 Å². The summed E-state index contributed by atoms with van der Waals surface area (Å²) < 4.78 is 1.24. The van der Waals surface area contributed by atoms with Gasteiger partial charge in [-0.05, 0) is 32.6 Å². The fraction of sp³-hybridized carbons (Fsp3) is 0.545. The van der Waals surface area contributed by atoms with E-state index in [2.05, 4.69) is 4.98 Å². The minimum Gasteiger partial charge on any atom is -0.479 e. The van der Waals surface area contributed by atoms with E-state index < -0.39 is 11.5 Å². The summed E-state index contributed by atoms with van der Waals surface area (Å²) in [7, 11) is 0. The molecule has 1 aromatic heterocycles. The lowest BCUT2D eigenvalue weighted by molar-refractivity contribution is -0.148. The maximum atomic E-state index is 11.8. The predicted molar refractivity (Wildman–Crippen MR) is 57.2 cm³/mol. The van der Waals surface area contributed by atoms with Crippen LogP contribution in [-0.4, -0.2) is 20.6 Å². The van der Waals surface area contributed by atoms with Gasteiger partial charge in [0.25, 0.3) is 5.56 Å². The number of aromatic nitrogens is 2. The van der Waals surface area contributed by atoms with Gasteiger partial charge in [-0.2, -0.15) is 0 Å². The first kappa shape index (κ1) is 10.9. The third kappa shape index (κ3) is 1.52. The highest BCUT2D eigenvalue weighted by molar-refractivity contribution is 5.77. The third-order valence-corrected chi connectivity index (χ3v) is 3.25. The lowest BCUT2D eigenvalue weighted by atomic mass is 9.95. The van der Waals surface area contributed by atoms with E-state index in [1.807, 2.05) is 0 Å². The van der Waals surface area contributed by atoms with E-state index in [4.69, 9.17) is 0 Å². The molecule has 86 valence electrons. The number of carboxylic acids is 1. The summed E-state index contributed by atoms with van der Waals surface area (Å²) in [5, 5.41) is 9.30. The molecule has 0 aromatic carbocycles. The highest BCUT2D eigenvalue weighted by Crippen LogP contribution is 2.43. The number of aliphatic carboxylic acids is 1. The van der Waals surface area contributed by atoms with Gasteiger partial charge in [0, 0.05) is 11.8 Å². The van der Waals surface area contributed by atoms with Crippen molar-refractivity contribution in [1.29, 1.82) is 0 Å². The van der Waals surface area contributed by atoms with Crippen LogP contribution in [0, 0.1) is 12.8 Å². The van der Waals surface area contributed by atoms with Crippen LogP contribution in [0.1, 0.15) is 25.5 Å². The minimum absolute atomic E-state index is 0.0345. The van der Waals surface area contributed by atoms with E-state index in [-0.39, 0.29) is 11.5 Å². The van der Waals surface area contributed by atoms with Gasteiger partial charge in [0.05, 0.1) is 6.33 Å². The molecule has 1 aliphatic rings. The molecule has 16 heavy (non-hydrogen) atoms. The molecule has 0 radical (unpaired) electrons. The Morgan fingerprint density at radius 2 is 2.25 bits per heavy atom. The second kappa shape index (κ2) is 3.43. The number of nitrogens with zero attached hydrogens (tertiary/aromatic N) is 2. The first-order valence-electron chi connectivity index (χ1n) is 5.25. The molecule has 2 rings (SSSR count). The Bertz CT molecular complexity index is 490. The summed E-state index contributed by atoms with van der Waals surface area (Å²) in [4.78, 5) is 27.1. The molecule has 1 aliphatic carbocycles. The van der Waals surface area contributed by atoms with Crippen LogP contribution in [0.5, 0.6) is 0 Å². The Balaban J connectivity index is 2.55. The first-order valence-corrected chi connectivity index (χ1v) is 5.25. The molecule has 1 fully saturated rings. The molecular weight excluding hydrogens is 208 g/mol. The van der Waals surface area contributed by atoms with Gasteiger partial charge >= 0.3 is 5.97 Å². The smallest absolute Gasteiger partial charge is 0.330 e. The summed E-state index contributed by atoms with van der Waals surface area (Å²) in [6.07, 6.45) is 3.04. The predicted octanol–water partition coefficient (Wildman–Crippen LogP) is 0.762. The second-order valence-corrected chi connectivity index (χ2v) is 4.47. The van der Waals surface area contributed by atoms with Crippen molar-refractivity contribution >= 4 is 5.97 Å². The molecular formula is C11H14N2O3. The molecule has 0 bridgehead atoms. The largest absolute Gasteiger partial charge is 0.479 e. The average molecular weight is 222 g/mol. The summed E-state index contributed by atoms with van der Waals surface area (Å²) in [6, 6.07) is 1.36. The molecule has 0 aliphatic heterocycles. The lowest BCUT2D eigenvalue weighted by Gasteiger charge is -2.26. The van der Waals surface area contributed by atoms with Gasteiger partial charge in [0.15, 0.2) is 0 Å². The quantitative estimate of drug-likeness (QED) is 0.819. The molecule has 0 amide bonds. The van der Waals surface area contributed by atoms with Crippen LogP contribution >= 0.6 is 0 Å². The Kier molecular flexibility index (Phi) is 2.33. The molecule has 5 nitrogen and oxygen atoms in total. The second-order valence-electron chi connectivity index (χ2n) is 4.47. The topological polar surface area (TPSA) is 72.2 Å². The van der Waals surface area contributed by atoms with Crippen LogP contribution in [0.25, 0.3) is 0 Å². The maximum Gasteiger partial charge on any atom is 0.330 e. The van der Waals surface area contributed by atoms with Gasteiger partial charge in [0.1, 0.15) is 5.54 Å². The van der Waals surface area contributed by atoms with E-state index in [9.17, 15) is 14.7 Å². The molecule has 1 unspecified atom stereocenters. The molecule has 5 heteroatoms. The van der Waals surface area contributed by atoms with Crippen LogP contribution in [0.15, 0.2) is 17.2 Å². The van der Waals surface area contributed by atoms with Gasteiger partial charge < -0.3 is 5.11 Å². The minimum atomic E-state index is -1.15. The van der Waals surface area contributed by atoms with E-state index in [0.29, 0.717) is 5.69 Å². The van der Waals surface area contributed by atoms with Gasteiger partial charge in [-0.1, -0.05) is 0 Å². The zero-order valence-electron chi connectivity index (χ0n) is 9.30. The van der Waals surface area contributed by atoms with Crippen molar-refractivity contribution in [2.45, 2.75) is 32.2 Å². The summed E-state index contributed by atoms with van der Waals surface area (Å²) in [5.41, 5.74) is -0.855. The van der Waals surface area contributed by atoms with Gasteiger partial charge in [-0.3, -0.25) is 9.36 Å². The van der Waals surface area contributed by atoms with Crippen molar-refractivity contribution in [2.75, 3.05) is 0 Å². The Morgan fingerprint density at radius 3 is 2.69 bits per heavy atom. The number of carboxylic acid groups (broad SMARTS) is 1. The SMILES string of the molecule is Cc1cc(=O)n(C(C)(C(=O)O)C2CC2)cn1. The highest BCUT2D eigenvalue weighted by Gasteiger charge is 2.49. The Hall–Kier alpha value is -1.65. The van der Waals surface area contributed by atoms with Crippen molar-refractivity contribution in [1.82, 2.24) is 9.55 Å². The number of rotatable bonds is 3. The van der Waals surface area contributed by atoms with Crippen LogP contribution in [0.2, 0.25) is 0 Å². The number of hydrogen-bond donors (Lipinski definition) is 1. The molecule has 1 saturated carbocycles. The zero-order valence-corrected chi connectivity index (χ0v) is 9.30. The van der Waals surface area contributed by atoms with E-state index in [0.717, 1.165) is 12.8 Å². The van der Waals surface area contributed by atoms with E-state index in [1.165, 1.54) is 17.0 Å². The van der Waals surface area contributed by atoms with Crippen molar-refractivity contribution in [3.05, 3.63) is 28.4 Å². The molecule has 0 spiro atoms. The third-order valence-electron chi connectivity index (χ3n) is 3.25. The van der Waals surface area contributed by atoms with Crippen molar-refractivity contribution < 1.29 is 9.90 Å². The van der Waals surface area contributed by atoms with Crippen LogP contribution < -0.4 is 5.56 Å². The van der Waals surface area contributed by atoms with Crippen LogP contribution in [0.4, 0.5) is 0 Å². The number of aryl methyl sites for hydroxylation is 1. The monoisotopic (exact) mass is 222 g/mol. The fourth-order valence-electron chi connectivity index (χ4n) is 1.96. The van der Waals surface area contributed by atoms with Crippen molar-refractivity contribution in [3.8, 4) is 0 Å². The van der Waals surface area contributed by atoms with Crippen molar-refractivity contribution in [2.24, 2.45) is 5.92 Å². The molecule has 1 heterocycles. The molecule has 1 aromatic rings. The Morgan fingerprint density at radius 1 is 1.62 bits per heavy atom. The van der Waals surface area contributed by atoms with E-state index >= 15 is 0 Å². The highest BCUT2D eigenvalue weighted by atomic mass is 16.4. The Labute approximate surface area is 92.7 Å². The first-order chi connectivity index (χ1) is 7.46. The van der Waals surface area contributed by atoms with Crippen molar-refractivity contribution in [3.63, 3.8) is 0 Å². The maximum absolute atomic E-state index is 11.8. The summed E-state index contributed by atoms with van der Waals surface area (Å²) in [6.45, 7) is 3.30. The standard InChI is InChI=1S/C11H14N2O3/c1-7-5-9(14)13(6-12-7)11(2,10(15)16)8-3-4-8/h5-6,8H,3-4H2,1-2H3,(H,15,16). The number of hydrogen-bond acceptors (Lipinski definition) is 3. The normalized spacial score (nSPS) is 19.1. The zero-order chi connectivity index (χ0) is 11.9. The number of carbonyl (C=O) groups is 1. The van der Waals surface area contributed by atoms with Crippen LogP contribution in [0.3, 0.4) is 0 Å². The van der Waals surface area contributed by atoms with E-state index in [1.54, 1.807) is 13.8 Å². The molecule has 0 saturated heterocycles. The lowest BCUT2D eigenvalue weighted by Crippen LogP contribution is -2.46. The fourth-order valence-corrected chi connectivity index (χ4v) is 1.96. The summed E-state index contributed by atoms with van der Waals surface area (Å²) >= 11 is 0. The summed E-state index contributed by atoms with van der Waals surface area (Å²) in [5.74, 6) is -0.935. The van der Waals surface area contributed by atoms with Gasteiger partial charge in [-0.25, -0.2) is 9.78 Å². The van der Waals surface area contributed by atoms with Gasteiger partial charge in [-0.15, -0.1) is 0 Å². The average Bonchev–Trinajstić information content (AvgIpc) is 2.99. The van der Waals surface area contributed by atoms with Gasteiger partial charge in [0.2, 0.25) is 0 Å².